The van der Waals surface area contributed by atoms with Gasteiger partial charge in [-0.3, -0.25) is 19.1 Å². The maximum Gasteiger partial charge on any atom is 0.270 e. The van der Waals surface area contributed by atoms with Gasteiger partial charge in [-0.25, -0.2) is 0 Å². The molecule has 0 atom stereocenters. The number of benzene rings is 1. The van der Waals surface area contributed by atoms with Gasteiger partial charge in [-0.1, -0.05) is 30.0 Å². The minimum Gasteiger partial charge on any atom is -0.454 e. The molecule has 1 saturated heterocycles. The predicted molar refractivity (Wildman–Crippen MR) is 127 cm³/mol. The lowest BCUT2D eigenvalue weighted by molar-refractivity contribution is -0.121. The molecule has 10 heteroatoms. The number of likely N-dealkylation sites (N-methyl/N-ethyl adjacent to an activating group) is 1. The number of hydrogen-bond acceptors (Lipinski definition) is 8. The first-order chi connectivity index (χ1) is 15.3. The Hall–Kier alpha value is -3.29. The number of hydrogen-bond donors (Lipinski definition) is 1. The van der Waals surface area contributed by atoms with Gasteiger partial charge in [-0.05, 0) is 43.2 Å². The van der Waals surface area contributed by atoms with Crippen molar-refractivity contribution < 1.29 is 14.3 Å². The number of amides is 1. The van der Waals surface area contributed by atoms with Crippen LogP contribution in [-0.4, -0.2) is 33.0 Å². The average molecular weight is 469 g/mol. The lowest BCUT2D eigenvalue weighted by Crippen LogP contribution is -2.27. The molecule has 3 heterocycles. The minimum absolute atomic E-state index is 0.0401. The number of anilines is 1. The Morgan fingerprint density at radius 1 is 1.31 bits per heavy atom. The summed E-state index contributed by atoms with van der Waals surface area (Å²) in [5.41, 5.74) is 1.66. The van der Waals surface area contributed by atoms with E-state index in [1.165, 1.54) is 21.2 Å². The van der Waals surface area contributed by atoms with Crippen molar-refractivity contribution >= 4 is 46.1 Å². The predicted octanol–water partition coefficient (Wildman–Crippen LogP) is 3.13. The maximum absolute atomic E-state index is 12.8. The molecule has 4 rings (SSSR count). The normalized spacial score (nSPS) is 16.1. The molecule has 1 amide bonds. The van der Waals surface area contributed by atoms with Crippen molar-refractivity contribution in [1.29, 1.82) is 5.26 Å². The topological polar surface area (TPSA) is 96.6 Å². The van der Waals surface area contributed by atoms with Crippen LogP contribution in [0.2, 0.25) is 0 Å². The zero-order valence-corrected chi connectivity index (χ0v) is 19.4. The van der Waals surface area contributed by atoms with Gasteiger partial charge in [-0.2, -0.15) is 5.26 Å². The number of thioether (sulfide) groups is 1. The molecule has 0 aliphatic carbocycles. The molecule has 1 aromatic heterocycles. The lowest BCUT2D eigenvalue weighted by atomic mass is 10.0. The van der Waals surface area contributed by atoms with Crippen molar-refractivity contribution in [3.8, 4) is 17.6 Å². The third-order valence-electron chi connectivity index (χ3n) is 5.36. The van der Waals surface area contributed by atoms with Crippen LogP contribution >= 0.6 is 24.0 Å². The van der Waals surface area contributed by atoms with Crippen LogP contribution in [0.4, 0.5) is 5.82 Å². The fraction of sp³-hybridized carbons (Fsp3) is 0.273. The minimum atomic E-state index is -0.406. The number of aromatic nitrogens is 1. The van der Waals surface area contributed by atoms with Gasteiger partial charge < -0.3 is 14.8 Å². The number of pyridine rings is 1. The first-order valence-electron chi connectivity index (χ1n) is 9.87. The fourth-order valence-electron chi connectivity index (χ4n) is 3.59. The molecule has 32 heavy (non-hydrogen) atoms. The number of nitrogens with zero attached hydrogens (tertiary/aromatic N) is 3. The van der Waals surface area contributed by atoms with E-state index in [1.54, 1.807) is 20.0 Å². The molecular weight excluding hydrogens is 448 g/mol. The summed E-state index contributed by atoms with van der Waals surface area (Å²) >= 11 is 6.52. The SMILES string of the molecule is CCN1C(=O)/C(=C\c2c(C)c(C#N)c(=O)n(C)c2NCc2ccc3c(c2)OCO3)SC1=S. The summed E-state index contributed by atoms with van der Waals surface area (Å²) in [6.07, 6.45) is 1.70. The van der Waals surface area contributed by atoms with E-state index in [1.807, 2.05) is 31.2 Å². The van der Waals surface area contributed by atoms with E-state index in [0.717, 1.165) is 5.56 Å². The third kappa shape index (κ3) is 3.74. The van der Waals surface area contributed by atoms with Crippen LogP contribution in [0.15, 0.2) is 27.9 Å². The first-order valence-corrected chi connectivity index (χ1v) is 11.1. The highest BCUT2D eigenvalue weighted by Gasteiger charge is 2.31. The Morgan fingerprint density at radius 3 is 2.75 bits per heavy atom. The van der Waals surface area contributed by atoms with Gasteiger partial charge in [0.05, 0.1) is 4.91 Å². The molecule has 1 N–H and O–H groups in total. The Bertz CT molecular complexity index is 1280. The molecular formula is C22H20N4O4S2. The summed E-state index contributed by atoms with van der Waals surface area (Å²) in [5, 5.41) is 12.8. The smallest absolute Gasteiger partial charge is 0.270 e. The second-order valence-corrected chi connectivity index (χ2v) is 8.88. The molecule has 0 spiro atoms. The fourth-order valence-corrected chi connectivity index (χ4v) is 4.95. The molecule has 2 aliphatic heterocycles. The number of nitriles is 1. The van der Waals surface area contributed by atoms with Crippen molar-refractivity contribution in [2.24, 2.45) is 7.05 Å². The van der Waals surface area contributed by atoms with Gasteiger partial charge >= 0.3 is 0 Å². The number of rotatable bonds is 5. The summed E-state index contributed by atoms with van der Waals surface area (Å²) in [6.45, 7) is 4.63. The zero-order valence-electron chi connectivity index (χ0n) is 17.7. The van der Waals surface area contributed by atoms with E-state index in [-0.39, 0.29) is 18.3 Å². The van der Waals surface area contributed by atoms with Crippen molar-refractivity contribution in [3.05, 3.63) is 55.7 Å². The monoisotopic (exact) mass is 468 g/mol. The number of carbonyl (C=O) groups is 1. The maximum atomic E-state index is 12.8. The van der Waals surface area contributed by atoms with Crippen LogP contribution < -0.4 is 20.3 Å². The standard InChI is InChI=1S/C22H20N4O4S2/c1-4-26-21(28)18(32-22(26)31)8-14-12(2)15(9-23)20(27)25(3)19(14)24-10-13-5-6-16-17(7-13)30-11-29-16/h5-8,24H,4,10-11H2,1-3H3/b18-8+. The van der Waals surface area contributed by atoms with E-state index in [4.69, 9.17) is 21.7 Å². The Morgan fingerprint density at radius 2 is 2.06 bits per heavy atom. The van der Waals surface area contributed by atoms with Crippen LogP contribution in [-0.2, 0) is 18.4 Å². The van der Waals surface area contributed by atoms with Crippen molar-refractivity contribution in [2.45, 2.75) is 20.4 Å². The highest BCUT2D eigenvalue weighted by molar-refractivity contribution is 8.26. The molecule has 0 saturated carbocycles. The summed E-state index contributed by atoms with van der Waals surface area (Å²) in [6, 6.07) is 7.60. The van der Waals surface area contributed by atoms with Gasteiger partial charge in [0.2, 0.25) is 6.79 Å². The third-order valence-corrected chi connectivity index (χ3v) is 6.74. The molecule has 0 unspecified atom stereocenters. The number of ether oxygens (including phenoxy) is 2. The van der Waals surface area contributed by atoms with E-state index >= 15 is 0 Å². The average Bonchev–Trinajstić information content (AvgIpc) is 3.35. The number of thiocarbonyl (C=S) groups is 1. The largest absolute Gasteiger partial charge is 0.454 e. The van der Waals surface area contributed by atoms with Gasteiger partial charge in [0.15, 0.2) is 11.5 Å². The van der Waals surface area contributed by atoms with E-state index in [0.29, 0.717) is 50.8 Å². The molecule has 2 aliphatic rings. The van der Waals surface area contributed by atoms with Crippen molar-refractivity contribution in [3.63, 3.8) is 0 Å². The second kappa shape index (κ2) is 8.68. The van der Waals surface area contributed by atoms with Crippen LogP contribution in [0.5, 0.6) is 11.5 Å². The van der Waals surface area contributed by atoms with E-state index in [9.17, 15) is 14.9 Å². The summed E-state index contributed by atoms with van der Waals surface area (Å²) < 4.78 is 12.7. The Labute approximate surface area is 194 Å². The molecule has 8 nitrogen and oxygen atoms in total. The number of fused-ring (bicyclic) bond motifs is 1. The lowest BCUT2D eigenvalue weighted by Gasteiger charge is -2.18. The quantitative estimate of drug-likeness (QED) is 0.528. The molecule has 2 aromatic rings. The number of nitrogens with one attached hydrogen (secondary N) is 1. The van der Waals surface area contributed by atoms with Gasteiger partial charge in [-0.15, -0.1) is 0 Å². The zero-order chi connectivity index (χ0) is 23.0. The van der Waals surface area contributed by atoms with Crippen molar-refractivity contribution in [1.82, 2.24) is 9.47 Å². The molecule has 1 aromatic carbocycles. The Kier molecular flexibility index (Phi) is 5.95. The second-order valence-electron chi connectivity index (χ2n) is 7.21. The highest BCUT2D eigenvalue weighted by atomic mass is 32.2. The summed E-state index contributed by atoms with van der Waals surface area (Å²) in [7, 11) is 1.60. The number of carbonyl (C=O) groups excluding carboxylic acids is 1. The summed E-state index contributed by atoms with van der Waals surface area (Å²) in [4.78, 5) is 27.5. The Balaban J connectivity index is 1.75. The van der Waals surface area contributed by atoms with Crippen LogP contribution in [0.1, 0.15) is 29.2 Å². The van der Waals surface area contributed by atoms with Crippen LogP contribution in [0.25, 0.3) is 6.08 Å². The molecule has 0 bridgehead atoms. The van der Waals surface area contributed by atoms with Gasteiger partial charge in [0, 0.05) is 25.7 Å². The molecule has 164 valence electrons. The molecule has 0 radical (unpaired) electrons. The van der Waals surface area contributed by atoms with Gasteiger partial charge in [0.25, 0.3) is 11.5 Å². The van der Waals surface area contributed by atoms with Crippen LogP contribution in [0.3, 0.4) is 0 Å². The summed E-state index contributed by atoms with van der Waals surface area (Å²) in [5.74, 6) is 1.67. The molecule has 1 fully saturated rings. The first kappa shape index (κ1) is 21.9. The van der Waals surface area contributed by atoms with Crippen LogP contribution in [0, 0.1) is 18.3 Å². The van der Waals surface area contributed by atoms with E-state index < -0.39 is 5.56 Å². The van der Waals surface area contributed by atoms with Crippen molar-refractivity contribution in [2.75, 3.05) is 18.7 Å². The highest BCUT2D eigenvalue weighted by Crippen LogP contribution is 2.35. The van der Waals surface area contributed by atoms with Gasteiger partial charge in [0.1, 0.15) is 21.8 Å². The van der Waals surface area contributed by atoms with E-state index in [2.05, 4.69) is 5.32 Å².